The van der Waals surface area contributed by atoms with Crippen LogP contribution in [0.4, 0.5) is 18.9 Å². The number of aryl methyl sites for hydroxylation is 1. The molecule has 7 nitrogen and oxygen atoms in total. The minimum atomic E-state index is -4.57. The maximum absolute atomic E-state index is 12.8. The van der Waals surface area contributed by atoms with Gasteiger partial charge >= 0.3 is 6.18 Å². The highest BCUT2D eigenvalue weighted by atomic mass is 35.5. The molecule has 1 atom stereocenters. The number of benzene rings is 1. The van der Waals surface area contributed by atoms with E-state index in [4.69, 9.17) is 16.3 Å². The molecule has 1 amide bonds. The number of rotatable bonds is 6. The SMILES string of the molecule is Cc1cc(C(F)(F)F)nn1C(C)C(=O)Nc1cnn(COc2cccc(Cl)c2)c1. The predicted octanol–water partition coefficient (Wildman–Crippen LogP) is 4.30. The van der Waals surface area contributed by atoms with Crippen molar-refractivity contribution in [2.24, 2.45) is 0 Å². The van der Waals surface area contributed by atoms with Gasteiger partial charge in [-0.1, -0.05) is 17.7 Å². The Labute approximate surface area is 169 Å². The standard InChI is InChI=1S/C18H17ClF3N5O2/c1-11-6-16(18(20,21)22)25-27(11)12(2)17(28)24-14-8-23-26(9-14)10-29-15-5-3-4-13(19)7-15/h3-9,12H,10H2,1-2H3,(H,24,28). The molecule has 0 fully saturated rings. The van der Waals surface area contributed by atoms with Crippen LogP contribution in [-0.4, -0.2) is 25.5 Å². The van der Waals surface area contributed by atoms with Gasteiger partial charge in [-0.05, 0) is 38.1 Å². The third-order valence-corrected chi connectivity index (χ3v) is 4.25. The molecule has 3 rings (SSSR count). The van der Waals surface area contributed by atoms with Crippen molar-refractivity contribution in [2.45, 2.75) is 32.8 Å². The van der Waals surface area contributed by atoms with E-state index in [-0.39, 0.29) is 12.4 Å². The van der Waals surface area contributed by atoms with Gasteiger partial charge in [0, 0.05) is 10.7 Å². The van der Waals surface area contributed by atoms with Crippen LogP contribution in [0.5, 0.6) is 5.75 Å². The summed E-state index contributed by atoms with van der Waals surface area (Å²) in [6, 6.07) is 6.80. The lowest BCUT2D eigenvalue weighted by Gasteiger charge is -2.13. The summed E-state index contributed by atoms with van der Waals surface area (Å²) in [5, 5.41) is 10.7. The van der Waals surface area contributed by atoms with Gasteiger partial charge in [0.2, 0.25) is 5.91 Å². The van der Waals surface area contributed by atoms with Crippen LogP contribution >= 0.6 is 11.6 Å². The molecule has 11 heteroatoms. The van der Waals surface area contributed by atoms with Crippen LogP contribution in [0.2, 0.25) is 5.02 Å². The molecule has 2 aromatic heterocycles. The van der Waals surface area contributed by atoms with Gasteiger partial charge < -0.3 is 10.1 Å². The fourth-order valence-electron chi connectivity index (χ4n) is 2.57. The van der Waals surface area contributed by atoms with Crippen molar-refractivity contribution in [3.63, 3.8) is 0 Å². The molecule has 1 N–H and O–H groups in total. The van der Waals surface area contributed by atoms with E-state index in [2.05, 4.69) is 15.5 Å². The van der Waals surface area contributed by atoms with Crippen molar-refractivity contribution < 1.29 is 22.7 Å². The second-order valence-electron chi connectivity index (χ2n) is 6.28. The predicted molar refractivity (Wildman–Crippen MR) is 99.6 cm³/mol. The number of aromatic nitrogens is 4. The van der Waals surface area contributed by atoms with Gasteiger partial charge in [0.15, 0.2) is 12.4 Å². The first-order valence-corrected chi connectivity index (χ1v) is 8.86. The van der Waals surface area contributed by atoms with Crippen LogP contribution in [-0.2, 0) is 17.7 Å². The number of alkyl halides is 3. The molecule has 0 radical (unpaired) electrons. The number of hydrogen-bond donors (Lipinski definition) is 1. The topological polar surface area (TPSA) is 74.0 Å². The Morgan fingerprint density at radius 3 is 2.76 bits per heavy atom. The second kappa shape index (κ2) is 8.16. The summed E-state index contributed by atoms with van der Waals surface area (Å²) in [5.41, 5.74) is -0.441. The van der Waals surface area contributed by atoms with E-state index in [0.717, 1.165) is 10.7 Å². The molecule has 1 aromatic carbocycles. The molecule has 0 aliphatic rings. The Balaban J connectivity index is 1.62. The number of nitrogens with one attached hydrogen (secondary N) is 1. The minimum Gasteiger partial charge on any atom is -0.471 e. The second-order valence-corrected chi connectivity index (χ2v) is 6.71. The summed E-state index contributed by atoms with van der Waals surface area (Å²) in [7, 11) is 0. The summed E-state index contributed by atoms with van der Waals surface area (Å²) >= 11 is 5.89. The Morgan fingerprint density at radius 2 is 2.10 bits per heavy atom. The lowest BCUT2D eigenvalue weighted by atomic mass is 10.3. The van der Waals surface area contributed by atoms with Gasteiger partial charge in [-0.25, -0.2) is 4.68 Å². The van der Waals surface area contributed by atoms with Crippen LogP contribution < -0.4 is 10.1 Å². The van der Waals surface area contributed by atoms with E-state index in [0.29, 0.717) is 16.5 Å². The zero-order chi connectivity index (χ0) is 21.2. The maximum atomic E-state index is 12.8. The number of anilines is 1. The van der Waals surface area contributed by atoms with Crippen LogP contribution in [0.15, 0.2) is 42.7 Å². The summed E-state index contributed by atoms with van der Waals surface area (Å²) < 4.78 is 46.4. The monoisotopic (exact) mass is 427 g/mol. The van der Waals surface area contributed by atoms with Crippen molar-refractivity contribution in [1.82, 2.24) is 19.6 Å². The Bertz CT molecular complexity index is 1020. The van der Waals surface area contributed by atoms with E-state index in [9.17, 15) is 18.0 Å². The fraction of sp³-hybridized carbons (Fsp3) is 0.278. The summed E-state index contributed by atoms with van der Waals surface area (Å²) in [5.74, 6) is 0.0297. The molecule has 0 spiro atoms. The Morgan fingerprint density at radius 1 is 1.34 bits per heavy atom. The van der Waals surface area contributed by atoms with E-state index in [1.807, 2.05) is 0 Å². The quantitative estimate of drug-likeness (QED) is 0.636. The first kappa shape index (κ1) is 20.7. The molecule has 0 bridgehead atoms. The number of amides is 1. The number of ether oxygens (including phenoxy) is 1. The van der Waals surface area contributed by atoms with Crippen LogP contribution in [0.3, 0.4) is 0 Å². The Hall–Kier alpha value is -3.01. The molecule has 0 saturated heterocycles. The normalized spacial score (nSPS) is 12.6. The third kappa shape index (κ3) is 5.08. The number of carbonyl (C=O) groups excluding carboxylic acids is 1. The van der Waals surface area contributed by atoms with Crippen molar-refractivity contribution >= 4 is 23.2 Å². The number of carbonyl (C=O) groups is 1. The summed E-state index contributed by atoms with van der Waals surface area (Å²) in [6.07, 6.45) is -1.63. The average Bonchev–Trinajstić information content (AvgIpc) is 3.25. The zero-order valence-electron chi connectivity index (χ0n) is 15.4. The molecule has 2 heterocycles. The van der Waals surface area contributed by atoms with Crippen molar-refractivity contribution in [3.05, 3.63) is 59.1 Å². The highest BCUT2D eigenvalue weighted by Gasteiger charge is 2.35. The third-order valence-electron chi connectivity index (χ3n) is 4.02. The number of hydrogen-bond acceptors (Lipinski definition) is 4. The van der Waals surface area contributed by atoms with Gasteiger partial charge in [-0.15, -0.1) is 0 Å². The molecular formula is C18H17ClF3N5O2. The molecule has 1 unspecified atom stereocenters. The molecule has 29 heavy (non-hydrogen) atoms. The molecule has 0 aliphatic carbocycles. The Kier molecular flexibility index (Phi) is 5.83. The zero-order valence-corrected chi connectivity index (χ0v) is 16.2. The minimum absolute atomic E-state index is 0.0823. The van der Waals surface area contributed by atoms with E-state index < -0.39 is 23.8 Å². The molecular weight excluding hydrogens is 411 g/mol. The molecule has 0 saturated carbocycles. The largest absolute Gasteiger partial charge is 0.471 e. The highest BCUT2D eigenvalue weighted by Crippen LogP contribution is 2.29. The van der Waals surface area contributed by atoms with Crippen molar-refractivity contribution in [2.75, 3.05) is 5.32 Å². The van der Waals surface area contributed by atoms with Crippen molar-refractivity contribution in [1.29, 1.82) is 0 Å². The maximum Gasteiger partial charge on any atom is 0.435 e. The van der Waals surface area contributed by atoms with Gasteiger partial charge in [-0.3, -0.25) is 9.48 Å². The smallest absolute Gasteiger partial charge is 0.435 e. The molecule has 154 valence electrons. The molecule has 0 aliphatic heterocycles. The molecule has 3 aromatic rings. The van der Waals surface area contributed by atoms with Crippen molar-refractivity contribution in [3.8, 4) is 5.75 Å². The van der Waals surface area contributed by atoms with E-state index in [1.165, 1.54) is 30.9 Å². The van der Waals surface area contributed by atoms with Gasteiger partial charge in [0.1, 0.15) is 11.8 Å². The summed E-state index contributed by atoms with van der Waals surface area (Å²) in [4.78, 5) is 12.4. The van der Waals surface area contributed by atoms with Crippen LogP contribution in [0, 0.1) is 6.92 Å². The van der Waals surface area contributed by atoms with E-state index >= 15 is 0 Å². The van der Waals surface area contributed by atoms with Gasteiger partial charge in [0.25, 0.3) is 0 Å². The first-order chi connectivity index (χ1) is 13.6. The van der Waals surface area contributed by atoms with Crippen LogP contribution in [0.1, 0.15) is 24.4 Å². The first-order valence-electron chi connectivity index (χ1n) is 8.48. The summed E-state index contributed by atoms with van der Waals surface area (Å²) in [6.45, 7) is 3.00. The number of halogens is 4. The lowest BCUT2D eigenvalue weighted by Crippen LogP contribution is -2.25. The fourth-order valence-corrected chi connectivity index (χ4v) is 2.75. The van der Waals surface area contributed by atoms with Crippen LogP contribution in [0.25, 0.3) is 0 Å². The lowest BCUT2D eigenvalue weighted by molar-refractivity contribution is -0.141. The number of nitrogens with zero attached hydrogens (tertiary/aromatic N) is 4. The van der Waals surface area contributed by atoms with E-state index in [1.54, 1.807) is 24.3 Å². The van der Waals surface area contributed by atoms with Gasteiger partial charge in [-0.2, -0.15) is 23.4 Å². The average molecular weight is 428 g/mol. The highest BCUT2D eigenvalue weighted by molar-refractivity contribution is 6.30. The van der Waals surface area contributed by atoms with Gasteiger partial charge in [0.05, 0.1) is 18.1 Å².